The lowest BCUT2D eigenvalue weighted by molar-refractivity contribution is -0.154. The zero-order chi connectivity index (χ0) is 17.4. The lowest BCUT2D eigenvalue weighted by atomic mass is 9.95. The van der Waals surface area contributed by atoms with Crippen molar-refractivity contribution in [2.45, 2.75) is 34.1 Å². The Labute approximate surface area is 137 Å². The Morgan fingerprint density at radius 1 is 1.04 bits per heavy atom. The van der Waals surface area contributed by atoms with Gasteiger partial charge in [0.05, 0.1) is 19.1 Å². The highest BCUT2D eigenvalue weighted by atomic mass is 16.5. The lowest BCUT2D eigenvalue weighted by Crippen LogP contribution is -2.29. The van der Waals surface area contributed by atoms with E-state index in [-0.39, 0.29) is 6.61 Å². The molecule has 0 saturated heterocycles. The number of carbonyl (C=O) groups excluding carboxylic acids is 3. The Bertz CT molecular complexity index is 545. The maximum Gasteiger partial charge on any atom is 0.375 e. The molecule has 1 rings (SSSR count). The van der Waals surface area contributed by atoms with Gasteiger partial charge in [0.25, 0.3) is 5.78 Å². The summed E-state index contributed by atoms with van der Waals surface area (Å²) in [6.07, 6.45) is 0.950. The van der Waals surface area contributed by atoms with E-state index in [4.69, 9.17) is 4.74 Å². The summed E-state index contributed by atoms with van der Waals surface area (Å²) in [4.78, 5) is 35.4. The number of ketones is 2. The van der Waals surface area contributed by atoms with Crippen molar-refractivity contribution in [3.8, 4) is 5.75 Å². The monoisotopic (exact) mass is 320 g/mol. The van der Waals surface area contributed by atoms with Crippen LogP contribution in [-0.4, -0.2) is 30.7 Å². The molecular weight excluding hydrogens is 296 g/mol. The molecule has 1 aromatic carbocycles. The molecule has 23 heavy (non-hydrogen) atoms. The van der Waals surface area contributed by atoms with Gasteiger partial charge in [0.1, 0.15) is 5.75 Å². The summed E-state index contributed by atoms with van der Waals surface area (Å²) in [5.74, 6) is -2.02. The summed E-state index contributed by atoms with van der Waals surface area (Å²) < 4.78 is 10.2. The van der Waals surface area contributed by atoms with Crippen LogP contribution in [0.2, 0.25) is 0 Å². The predicted octanol–water partition coefficient (Wildman–Crippen LogP) is 3.06. The number of benzene rings is 1. The van der Waals surface area contributed by atoms with Crippen LogP contribution in [0.25, 0.3) is 0 Å². The molecule has 1 atom stereocenters. The molecule has 0 aliphatic heterocycles. The van der Waals surface area contributed by atoms with Gasteiger partial charge in [-0.05, 0) is 50.5 Å². The zero-order valence-corrected chi connectivity index (χ0v) is 14.1. The van der Waals surface area contributed by atoms with E-state index in [0.29, 0.717) is 23.8 Å². The number of ether oxygens (including phenoxy) is 2. The van der Waals surface area contributed by atoms with Crippen LogP contribution < -0.4 is 4.74 Å². The molecule has 0 aliphatic rings. The van der Waals surface area contributed by atoms with Gasteiger partial charge in [0, 0.05) is 5.56 Å². The van der Waals surface area contributed by atoms with E-state index in [1.165, 1.54) is 6.92 Å². The van der Waals surface area contributed by atoms with Crippen molar-refractivity contribution < 1.29 is 23.9 Å². The molecule has 0 amide bonds. The Morgan fingerprint density at radius 2 is 1.65 bits per heavy atom. The first kappa shape index (κ1) is 18.9. The van der Waals surface area contributed by atoms with Crippen LogP contribution >= 0.6 is 0 Å². The molecule has 0 spiro atoms. The second kappa shape index (κ2) is 9.08. The topological polar surface area (TPSA) is 69.7 Å². The van der Waals surface area contributed by atoms with Crippen molar-refractivity contribution in [2.24, 2.45) is 11.8 Å². The average molecular weight is 320 g/mol. The smallest absolute Gasteiger partial charge is 0.375 e. The van der Waals surface area contributed by atoms with Gasteiger partial charge in [0.2, 0.25) is 0 Å². The van der Waals surface area contributed by atoms with E-state index in [0.717, 1.165) is 6.42 Å². The summed E-state index contributed by atoms with van der Waals surface area (Å²) in [5.41, 5.74) is 0.367. The summed E-state index contributed by atoms with van der Waals surface area (Å²) in [6.45, 7) is 7.97. The lowest BCUT2D eigenvalue weighted by Gasteiger charge is -2.10. The van der Waals surface area contributed by atoms with Crippen LogP contribution in [-0.2, 0) is 14.3 Å². The Balaban J connectivity index is 2.66. The van der Waals surface area contributed by atoms with Crippen molar-refractivity contribution in [3.63, 3.8) is 0 Å². The number of Topliss-reactive ketones (excluding diaryl/α,β-unsaturated/α-hetero) is 2. The van der Waals surface area contributed by atoms with Crippen LogP contribution in [0.1, 0.15) is 44.5 Å². The van der Waals surface area contributed by atoms with Gasteiger partial charge >= 0.3 is 5.97 Å². The maximum atomic E-state index is 12.2. The fraction of sp³-hybridized carbons (Fsp3) is 0.500. The molecule has 5 nitrogen and oxygen atoms in total. The van der Waals surface area contributed by atoms with E-state index in [1.807, 2.05) is 0 Å². The molecule has 0 fully saturated rings. The number of hydrogen-bond donors (Lipinski definition) is 0. The third kappa shape index (κ3) is 5.85. The minimum atomic E-state index is -1.05. The van der Waals surface area contributed by atoms with Crippen LogP contribution in [0.3, 0.4) is 0 Å². The van der Waals surface area contributed by atoms with Gasteiger partial charge < -0.3 is 9.47 Å². The molecule has 5 heteroatoms. The quantitative estimate of drug-likeness (QED) is 0.303. The minimum absolute atomic E-state index is 0.105. The zero-order valence-electron chi connectivity index (χ0n) is 14.1. The first-order valence-corrected chi connectivity index (χ1v) is 7.84. The predicted molar refractivity (Wildman–Crippen MR) is 86.5 cm³/mol. The number of rotatable bonds is 9. The Hall–Kier alpha value is -2.17. The number of carbonyl (C=O) groups is 3. The fourth-order valence-corrected chi connectivity index (χ4v) is 1.88. The first-order chi connectivity index (χ1) is 10.9. The molecule has 1 unspecified atom stereocenters. The van der Waals surface area contributed by atoms with Crippen molar-refractivity contribution >= 4 is 17.5 Å². The molecule has 0 radical (unpaired) electrons. The van der Waals surface area contributed by atoms with E-state index in [1.54, 1.807) is 31.2 Å². The second-order valence-corrected chi connectivity index (χ2v) is 5.73. The van der Waals surface area contributed by atoms with Crippen LogP contribution in [0.4, 0.5) is 0 Å². The highest BCUT2D eigenvalue weighted by molar-refractivity contribution is 6.39. The third-order valence-electron chi connectivity index (χ3n) is 3.37. The van der Waals surface area contributed by atoms with Crippen molar-refractivity contribution in [1.82, 2.24) is 0 Å². The van der Waals surface area contributed by atoms with Gasteiger partial charge in [-0.15, -0.1) is 0 Å². The Kier molecular flexibility index (Phi) is 7.45. The highest BCUT2D eigenvalue weighted by Crippen LogP contribution is 2.17. The molecule has 0 aromatic heterocycles. The van der Waals surface area contributed by atoms with E-state index >= 15 is 0 Å². The summed E-state index contributed by atoms with van der Waals surface area (Å²) in [5, 5.41) is 0. The van der Waals surface area contributed by atoms with Crippen LogP contribution in [0.5, 0.6) is 5.75 Å². The first-order valence-electron chi connectivity index (χ1n) is 7.84. The van der Waals surface area contributed by atoms with Crippen LogP contribution in [0, 0.1) is 11.8 Å². The van der Waals surface area contributed by atoms with Gasteiger partial charge in [-0.2, -0.15) is 0 Å². The summed E-state index contributed by atoms with van der Waals surface area (Å²) in [6, 6.07) is 6.58. The minimum Gasteiger partial charge on any atom is -0.494 e. The van der Waals surface area contributed by atoms with Gasteiger partial charge in [0.15, 0.2) is 5.78 Å². The van der Waals surface area contributed by atoms with Gasteiger partial charge in [-0.3, -0.25) is 9.59 Å². The number of esters is 1. The molecular formula is C18H24O5. The van der Waals surface area contributed by atoms with E-state index < -0.39 is 23.5 Å². The largest absolute Gasteiger partial charge is 0.494 e. The van der Waals surface area contributed by atoms with E-state index in [2.05, 4.69) is 18.6 Å². The SMILES string of the molecule is CCOC(=O)C(=O)C(C)C(=O)c1ccc(OCCC(C)C)cc1. The standard InChI is InChI=1S/C18H24O5/c1-5-22-18(21)17(20)13(4)16(19)14-6-8-15(9-7-14)23-11-10-12(2)3/h6-9,12-13H,5,10-11H2,1-4H3. The van der Waals surface area contributed by atoms with E-state index in [9.17, 15) is 14.4 Å². The maximum absolute atomic E-state index is 12.2. The van der Waals surface area contributed by atoms with Crippen molar-refractivity contribution in [3.05, 3.63) is 29.8 Å². The number of hydrogen-bond acceptors (Lipinski definition) is 5. The highest BCUT2D eigenvalue weighted by Gasteiger charge is 2.29. The second-order valence-electron chi connectivity index (χ2n) is 5.73. The van der Waals surface area contributed by atoms with Gasteiger partial charge in [-0.1, -0.05) is 13.8 Å². The van der Waals surface area contributed by atoms with Crippen molar-refractivity contribution in [2.75, 3.05) is 13.2 Å². The third-order valence-corrected chi connectivity index (χ3v) is 3.37. The molecule has 126 valence electrons. The molecule has 0 bridgehead atoms. The summed E-state index contributed by atoms with van der Waals surface area (Å²) >= 11 is 0. The van der Waals surface area contributed by atoms with Crippen LogP contribution in [0.15, 0.2) is 24.3 Å². The molecule has 0 saturated carbocycles. The van der Waals surface area contributed by atoms with Crippen molar-refractivity contribution in [1.29, 1.82) is 0 Å². The van der Waals surface area contributed by atoms with Gasteiger partial charge in [-0.25, -0.2) is 4.79 Å². The summed E-state index contributed by atoms with van der Waals surface area (Å²) in [7, 11) is 0. The normalized spacial score (nSPS) is 11.9. The molecule has 0 heterocycles. The molecule has 1 aromatic rings. The average Bonchev–Trinajstić information content (AvgIpc) is 2.53. The fourth-order valence-electron chi connectivity index (χ4n) is 1.88. The molecule has 0 N–H and O–H groups in total. The molecule has 0 aliphatic carbocycles. The Morgan fingerprint density at radius 3 is 2.17 bits per heavy atom.